The number of aldehydes is 1. The summed E-state index contributed by atoms with van der Waals surface area (Å²) in [7, 11) is 0. The summed E-state index contributed by atoms with van der Waals surface area (Å²) in [6.07, 6.45) is 0.879. The molecule has 0 amide bonds. The molecule has 0 spiro atoms. The van der Waals surface area contributed by atoms with Crippen LogP contribution < -0.4 is 0 Å². The highest BCUT2D eigenvalue weighted by atomic mass is 16.1. The van der Waals surface area contributed by atoms with Crippen LogP contribution in [-0.4, -0.2) is 12.1 Å². The molecule has 0 N–H and O–H groups in total. The summed E-state index contributed by atoms with van der Waals surface area (Å²) in [5.74, 6) is -0.261. The Morgan fingerprint density at radius 1 is 1.31 bits per heavy atom. The van der Waals surface area contributed by atoms with Crippen LogP contribution in [0.1, 0.15) is 31.9 Å². The SMILES string of the molecule is CC(=O)C(C)C(C)(C=O)c1ccc(C)cc1. The van der Waals surface area contributed by atoms with Crippen molar-refractivity contribution in [3.05, 3.63) is 35.4 Å². The first-order valence-corrected chi connectivity index (χ1v) is 5.45. The number of carbonyl (C=O) groups is 2. The van der Waals surface area contributed by atoms with Crippen molar-refractivity contribution in [1.29, 1.82) is 0 Å². The predicted molar refractivity (Wildman–Crippen MR) is 64.4 cm³/mol. The molecule has 0 radical (unpaired) electrons. The third-order valence-corrected chi connectivity index (χ3v) is 3.43. The highest BCUT2D eigenvalue weighted by Gasteiger charge is 2.35. The van der Waals surface area contributed by atoms with E-state index in [0.717, 1.165) is 17.4 Å². The van der Waals surface area contributed by atoms with Gasteiger partial charge in [0.15, 0.2) is 0 Å². The number of benzene rings is 1. The van der Waals surface area contributed by atoms with E-state index in [9.17, 15) is 9.59 Å². The van der Waals surface area contributed by atoms with Gasteiger partial charge < -0.3 is 4.79 Å². The summed E-state index contributed by atoms with van der Waals surface area (Å²) in [6.45, 7) is 7.14. The first kappa shape index (κ1) is 12.6. The summed E-state index contributed by atoms with van der Waals surface area (Å²) < 4.78 is 0. The standard InChI is InChI=1S/C14H18O2/c1-10-5-7-13(8-6-10)14(4,9-15)11(2)12(3)16/h5-9,11H,1-4H3. The van der Waals surface area contributed by atoms with Gasteiger partial charge in [0.25, 0.3) is 0 Å². The van der Waals surface area contributed by atoms with Crippen LogP contribution in [-0.2, 0) is 15.0 Å². The molecule has 1 rings (SSSR count). The minimum atomic E-state index is -0.723. The van der Waals surface area contributed by atoms with E-state index >= 15 is 0 Å². The molecule has 0 aromatic heterocycles. The molecule has 0 aliphatic rings. The Labute approximate surface area is 96.7 Å². The maximum absolute atomic E-state index is 11.4. The lowest BCUT2D eigenvalue weighted by Crippen LogP contribution is -2.36. The molecular weight excluding hydrogens is 200 g/mol. The fourth-order valence-electron chi connectivity index (χ4n) is 1.76. The molecule has 0 saturated heterocycles. The van der Waals surface area contributed by atoms with Crippen LogP contribution in [0.15, 0.2) is 24.3 Å². The van der Waals surface area contributed by atoms with Crippen molar-refractivity contribution in [2.75, 3.05) is 0 Å². The van der Waals surface area contributed by atoms with Crippen molar-refractivity contribution in [1.82, 2.24) is 0 Å². The molecule has 2 heteroatoms. The van der Waals surface area contributed by atoms with Crippen molar-refractivity contribution >= 4 is 12.1 Å². The summed E-state index contributed by atoms with van der Waals surface area (Å²) in [5.41, 5.74) is 1.32. The molecule has 0 aliphatic heterocycles. The number of hydrogen-bond donors (Lipinski definition) is 0. The monoisotopic (exact) mass is 218 g/mol. The van der Waals surface area contributed by atoms with Crippen molar-refractivity contribution in [2.24, 2.45) is 5.92 Å². The first-order valence-electron chi connectivity index (χ1n) is 5.45. The number of Topliss-reactive ketones (excluding diaryl/α,β-unsaturated/α-hetero) is 1. The van der Waals surface area contributed by atoms with Crippen LogP contribution >= 0.6 is 0 Å². The van der Waals surface area contributed by atoms with Gasteiger partial charge >= 0.3 is 0 Å². The highest BCUT2D eigenvalue weighted by Crippen LogP contribution is 2.30. The second-order valence-electron chi connectivity index (χ2n) is 4.60. The van der Waals surface area contributed by atoms with Crippen LogP contribution in [0.5, 0.6) is 0 Å². The minimum absolute atomic E-state index is 0.0372. The second-order valence-corrected chi connectivity index (χ2v) is 4.60. The zero-order valence-corrected chi connectivity index (χ0v) is 10.3. The van der Waals surface area contributed by atoms with E-state index in [1.165, 1.54) is 6.92 Å². The maximum atomic E-state index is 11.4. The molecule has 0 bridgehead atoms. The van der Waals surface area contributed by atoms with E-state index in [-0.39, 0.29) is 11.7 Å². The van der Waals surface area contributed by atoms with Gasteiger partial charge in [0.05, 0.1) is 5.41 Å². The zero-order chi connectivity index (χ0) is 12.3. The van der Waals surface area contributed by atoms with Crippen molar-refractivity contribution in [2.45, 2.75) is 33.1 Å². The van der Waals surface area contributed by atoms with Gasteiger partial charge in [-0.1, -0.05) is 36.8 Å². The molecule has 2 unspecified atom stereocenters. The van der Waals surface area contributed by atoms with Crippen LogP contribution in [0.4, 0.5) is 0 Å². The largest absolute Gasteiger partial charge is 0.302 e. The van der Waals surface area contributed by atoms with Crippen LogP contribution in [0, 0.1) is 12.8 Å². The molecule has 0 aliphatic carbocycles. The smallest absolute Gasteiger partial charge is 0.133 e. The molecule has 0 saturated carbocycles. The van der Waals surface area contributed by atoms with Crippen LogP contribution in [0.25, 0.3) is 0 Å². The second kappa shape index (κ2) is 4.60. The maximum Gasteiger partial charge on any atom is 0.133 e. The fraction of sp³-hybridized carbons (Fsp3) is 0.429. The van der Waals surface area contributed by atoms with E-state index < -0.39 is 5.41 Å². The Kier molecular flexibility index (Phi) is 3.63. The Balaban J connectivity index is 3.19. The topological polar surface area (TPSA) is 34.1 Å². The summed E-state index contributed by atoms with van der Waals surface area (Å²) in [4.78, 5) is 22.7. The normalized spacial score (nSPS) is 16.2. The first-order chi connectivity index (χ1) is 7.41. The summed E-state index contributed by atoms with van der Waals surface area (Å²) in [5, 5.41) is 0. The Morgan fingerprint density at radius 2 is 1.81 bits per heavy atom. The zero-order valence-electron chi connectivity index (χ0n) is 10.3. The molecule has 1 aromatic carbocycles. The lowest BCUT2D eigenvalue weighted by Gasteiger charge is -2.29. The molecule has 86 valence electrons. The average molecular weight is 218 g/mol. The van der Waals surface area contributed by atoms with E-state index in [0.29, 0.717) is 0 Å². The van der Waals surface area contributed by atoms with Gasteiger partial charge in [0, 0.05) is 5.92 Å². The third-order valence-electron chi connectivity index (χ3n) is 3.43. The van der Waals surface area contributed by atoms with E-state index in [1.54, 1.807) is 6.92 Å². The highest BCUT2D eigenvalue weighted by molar-refractivity contribution is 5.85. The van der Waals surface area contributed by atoms with Crippen molar-refractivity contribution < 1.29 is 9.59 Å². The van der Waals surface area contributed by atoms with Gasteiger partial charge in [-0.05, 0) is 26.3 Å². The minimum Gasteiger partial charge on any atom is -0.302 e. The number of rotatable bonds is 4. The Morgan fingerprint density at radius 3 is 2.19 bits per heavy atom. The lowest BCUT2D eigenvalue weighted by molar-refractivity contribution is -0.126. The lowest BCUT2D eigenvalue weighted by atomic mass is 9.72. The van der Waals surface area contributed by atoms with Crippen LogP contribution in [0.2, 0.25) is 0 Å². The number of aryl methyl sites for hydroxylation is 1. The Hall–Kier alpha value is -1.44. The number of ketones is 1. The summed E-state index contributed by atoms with van der Waals surface area (Å²) in [6, 6.07) is 7.76. The van der Waals surface area contributed by atoms with Gasteiger partial charge in [-0.25, -0.2) is 0 Å². The number of carbonyl (C=O) groups excluding carboxylic acids is 2. The summed E-state index contributed by atoms with van der Waals surface area (Å²) >= 11 is 0. The average Bonchev–Trinajstić information content (AvgIpc) is 2.27. The third kappa shape index (κ3) is 2.21. The predicted octanol–water partition coefficient (Wildman–Crippen LogP) is 2.68. The number of hydrogen-bond acceptors (Lipinski definition) is 2. The van der Waals surface area contributed by atoms with Gasteiger partial charge in [0.2, 0.25) is 0 Å². The van der Waals surface area contributed by atoms with Gasteiger partial charge in [0.1, 0.15) is 12.1 Å². The molecule has 1 aromatic rings. The van der Waals surface area contributed by atoms with E-state index in [4.69, 9.17) is 0 Å². The molecule has 2 atom stereocenters. The Bertz CT molecular complexity index is 392. The molecule has 2 nitrogen and oxygen atoms in total. The van der Waals surface area contributed by atoms with Crippen molar-refractivity contribution in [3.8, 4) is 0 Å². The van der Waals surface area contributed by atoms with Gasteiger partial charge in [-0.3, -0.25) is 4.79 Å². The molecule has 16 heavy (non-hydrogen) atoms. The molecule has 0 fully saturated rings. The van der Waals surface area contributed by atoms with Crippen molar-refractivity contribution in [3.63, 3.8) is 0 Å². The van der Waals surface area contributed by atoms with Crippen LogP contribution in [0.3, 0.4) is 0 Å². The van der Waals surface area contributed by atoms with E-state index in [1.807, 2.05) is 38.1 Å². The quantitative estimate of drug-likeness (QED) is 0.728. The fourth-order valence-corrected chi connectivity index (χ4v) is 1.76. The molecular formula is C14H18O2. The molecule has 0 heterocycles. The van der Waals surface area contributed by atoms with E-state index in [2.05, 4.69) is 0 Å². The van der Waals surface area contributed by atoms with Gasteiger partial charge in [-0.15, -0.1) is 0 Å². The van der Waals surface area contributed by atoms with Gasteiger partial charge in [-0.2, -0.15) is 0 Å².